The number of halogens is 3. The zero-order valence-corrected chi connectivity index (χ0v) is 12.4. The largest absolute Gasteiger partial charge is 1.00 e. The maximum absolute atomic E-state index is 11.6. The number of benzene rings is 1. The summed E-state index contributed by atoms with van der Waals surface area (Å²) in [5.41, 5.74) is 0.610. The summed E-state index contributed by atoms with van der Waals surface area (Å²) in [6.07, 6.45) is 3.17. The van der Waals surface area contributed by atoms with Crippen LogP contribution in [0.25, 0.3) is 0 Å². The minimum absolute atomic E-state index is 0. The van der Waals surface area contributed by atoms with Crippen molar-refractivity contribution in [3.05, 3.63) is 52.8 Å². The predicted octanol–water partition coefficient (Wildman–Crippen LogP) is 0.410. The molecule has 1 heterocycles. The van der Waals surface area contributed by atoms with E-state index in [0.717, 1.165) is 0 Å². The van der Waals surface area contributed by atoms with Crippen molar-refractivity contribution >= 4 is 34.8 Å². The van der Waals surface area contributed by atoms with E-state index >= 15 is 0 Å². The van der Waals surface area contributed by atoms with Gasteiger partial charge < -0.3 is 22.5 Å². The molecular weight excluding hydrogens is 323 g/mol. The lowest BCUT2D eigenvalue weighted by atomic mass is 10.3. The number of nitrogens with zero attached hydrogens (tertiary/aromatic N) is 1. The lowest BCUT2D eigenvalue weighted by molar-refractivity contribution is -0.118. The fraction of sp³-hybridized carbons (Fsp3) is 0.0769. The van der Waals surface area contributed by atoms with E-state index in [1.54, 1.807) is 42.7 Å². The number of hydrogen-bond donors (Lipinski definition) is 1. The lowest BCUT2D eigenvalue weighted by Crippen LogP contribution is -3.00. The number of nitrogens with one attached hydrogen (secondary N) is 1. The molecule has 0 saturated carbocycles. The summed E-state index contributed by atoms with van der Waals surface area (Å²) >= 11 is 11.7. The Balaban J connectivity index is 0.00000200. The minimum Gasteiger partial charge on any atom is -1.00 e. The number of rotatable bonds is 4. The maximum Gasteiger partial charge on any atom is 0.262 e. The van der Waals surface area contributed by atoms with Gasteiger partial charge in [0.2, 0.25) is 0 Å². The summed E-state index contributed by atoms with van der Waals surface area (Å²) in [5.74, 6) is 0.117. The predicted molar refractivity (Wildman–Crippen MR) is 74.8 cm³/mol. The van der Waals surface area contributed by atoms with E-state index in [4.69, 9.17) is 27.9 Å². The molecule has 20 heavy (non-hydrogen) atoms. The van der Waals surface area contributed by atoms with Gasteiger partial charge in [-0.1, -0.05) is 23.2 Å². The average molecular weight is 333 g/mol. The summed E-state index contributed by atoms with van der Waals surface area (Å²) in [6, 6.07) is 8.27. The molecule has 4 nitrogen and oxygen atoms in total. The summed E-state index contributed by atoms with van der Waals surface area (Å²) in [4.78, 5) is 15.5. The highest BCUT2D eigenvalue weighted by molar-refractivity contribution is 6.35. The van der Waals surface area contributed by atoms with Crippen molar-refractivity contribution in [3.8, 4) is 5.75 Å². The molecule has 0 radical (unpaired) electrons. The van der Waals surface area contributed by atoms with Gasteiger partial charge in [-0.25, -0.2) is 0 Å². The zero-order valence-electron chi connectivity index (χ0n) is 10.1. The number of anilines is 1. The van der Waals surface area contributed by atoms with Crippen molar-refractivity contribution in [2.45, 2.75) is 0 Å². The molecular formula is C13H10Cl3N2O2-. The van der Waals surface area contributed by atoms with Crippen LogP contribution in [0.2, 0.25) is 10.0 Å². The van der Waals surface area contributed by atoms with E-state index in [2.05, 4.69) is 10.3 Å². The fourth-order valence-corrected chi connectivity index (χ4v) is 1.83. The van der Waals surface area contributed by atoms with Crippen molar-refractivity contribution in [1.29, 1.82) is 0 Å². The van der Waals surface area contributed by atoms with Crippen molar-refractivity contribution in [3.63, 3.8) is 0 Å². The fourth-order valence-electron chi connectivity index (χ4n) is 1.37. The first-order valence-electron chi connectivity index (χ1n) is 5.43. The first-order chi connectivity index (χ1) is 9.15. The molecule has 0 aliphatic carbocycles. The Bertz CT molecular complexity index is 579. The molecule has 2 rings (SSSR count). The van der Waals surface area contributed by atoms with Crippen LogP contribution in [0.4, 0.5) is 5.69 Å². The van der Waals surface area contributed by atoms with Crippen LogP contribution in [0.15, 0.2) is 42.7 Å². The molecule has 0 atom stereocenters. The summed E-state index contributed by atoms with van der Waals surface area (Å²) in [7, 11) is 0. The normalized spacial score (nSPS) is 9.50. The molecule has 7 heteroatoms. The first kappa shape index (κ1) is 16.6. The van der Waals surface area contributed by atoms with Gasteiger partial charge in [-0.3, -0.25) is 9.78 Å². The van der Waals surface area contributed by atoms with Crippen LogP contribution >= 0.6 is 23.2 Å². The second-order valence-corrected chi connectivity index (χ2v) is 4.50. The van der Waals surface area contributed by atoms with Crippen LogP contribution in [0.1, 0.15) is 0 Å². The minimum atomic E-state index is -0.293. The van der Waals surface area contributed by atoms with Gasteiger partial charge in [0.15, 0.2) is 6.61 Å². The highest BCUT2D eigenvalue weighted by Crippen LogP contribution is 2.27. The molecule has 0 saturated heterocycles. The van der Waals surface area contributed by atoms with Gasteiger partial charge in [0.1, 0.15) is 5.75 Å². The SMILES string of the molecule is O=C(COc1ccc(Cl)cc1Cl)Nc1cccnc1.[Cl-]. The van der Waals surface area contributed by atoms with Gasteiger partial charge in [0.05, 0.1) is 16.9 Å². The average Bonchev–Trinajstić information content (AvgIpc) is 2.39. The number of amides is 1. The molecule has 1 aromatic heterocycles. The molecule has 0 aliphatic rings. The molecule has 1 aromatic carbocycles. The van der Waals surface area contributed by atoms with Gasteiger partial charge in [-0.05, 0) is 30.3 Å². The number of ether oxygens (including phenoxy) is 1. The van der Waals surface area contributed by atoms with E-state index in [1.807, 2.05) is 0 Å². The lowest BCUT2D eigenvalue weighted by Gasteiger charge is -2.08. The first-order valence-corrected chi connectivity index (χ1v) is 6.18. The molecule has 0 spiro atoms. The Labute approximate surface area is 132 Å². The number of carbonyl (C=O) groups excluding carboxylic acids is 1. The summed E-state index contributed by atoms with van der Waals surface area (Å²) in [5, 5.41) is 3.52. The van der Waals surface area contributed by atoms with Gasteiger partial charge in [-0.15, -0.1) is 0 Å². The quantitative estimate of drug-likeness (QED) is 0.882. The molecule has 0 aliphatic heterocycles. The van der Waals surface area contributed by atoms with Gasteiger partial charge >= 0.3 is 0 Å². The number of pyridine rings is 1. The van der Waals surface area contributed by atoms with E-state index in [1.165, 1.54) is 0 Å². The standard InChI is InChI=1S/C13H10Cl2N2O2.ClH/c14-9-3-4-12(11(15)6-9)19-8-13(18)17-10-2-1-5-16-7-10;/h1-7H,8H2,(H,17,18);1H/p-1. The van der Waals surface area contributed by atoms with Crippen LogP contribution < -0.4 is 22.5 Å². The summed E-state index contributed by atoms with van der Waals surface area (Å²) < 4.78 is 5.30. The van der Waals surface area contributed by atoms with Crippen molar-refractivity contribution < 1.29 is 21.9 Å². The van der Waals surface area contributed by atoms with E-state index in [9.17, 15) is 4.79 Å². The molecule has 106 valence electrons. The van der Waals surface area contributed by atoms with Gasteiger partial charge in [-0.2, -0.15) is 0 Å². The van der Waals surface area contributed by atoms with E-state index in [-0.39, 0.29) is 24.9 Å². The second-order valence-electron chi connectivity index (χ2n) is 3.65. The van der Waals surface area contributed by atoms with Crippen molar-refractivity contribution in [2.75, 3.05) is 11.9 Å². The number of hydrogen-bond acceptors (Lipinski definition) is 3. The zero-order chi connectivity index (χ0) is 13.7. The van der Waals surface area contributed by atoms with Crippen LogP contribution in [0, 0.1) is 0 Å². The molecule has 2 aromatic rings. The molecule has 0 bridgehead atoms. The maximum atomic E-state index is 11.6. The topological polar surface area (TPSA) is 51.2 Å². The third kappa shape index (κ3) is 4.89. The number of aromatic nitrogens is 1. The second kappa shape index (κ2) is 7.94. The smallest absolute Gasteiger partial charge is 0.262 e. The molecule has 1 amide bonds. The highest BCUT2D eigenvalue weighted by Gasteiger charge is 2.06. The van der Waals surface area contributed by atoms with Gasteiger partial charge in [0.25, 0.3) is 5.91 Å². The van der Waals surface area contributed by atoms with Crippen LogP contribution in [0.5, 0.6) is 5.75 Å². The van der Waals surface area contributed by atoms with Crippen LogP contribution in [-0.2, 0) is 4.79 Å². The number of carbonyl (C=O) groups is 1. The molecule has 0 unspecified atom stereocenters. The third-order valence-electron chi connectivity index (χ3n) is 2.20. The monoisotopic (exact) mass is 331 g/mol. The Hall–Kier alpha value is -1.49. The van der Waals surface area contributed by atoms with E-state index < -0.39 is 0 Å². The van der Waals surface area contributed by atoms with E-state index in [0.29, 0.717) is 21.5 Å². The van der Waals surface area contributed by atoms with Crippen molar-refractivity contribution in [1.82, 2.24) is 4.98 Å². The Morgan fingerprint density at radius 1 is 1.30 bits per heavy atom. The van der Waals surface area contributed by atoms with Crippen molar-refractivity contribution in [2.24, 2.45) is 0 Å². The Morgan fingerprint density at radius 2 is 2.10 bits per heavy atom. The molecule has 1 N–H and O–H groups in total. The highest BCUT2D eigenvalue weighted by atomic mass is 35.5. The van der Waals surface area contributed by atoms with Gasteiger partial charge in [0, 0.05) is 11.2 Å². The van der Waals surface area contributed by atoms with Crippen LogP contribution in [-0.4, -0.2) is 17.5 Å². The summed E-state index contributed by atoms with van der Waals surface area (Å²) in [6.45, 7) is -0.143. The molecule has 0 fully saturated rings. The Morgan fingerprint density at radius 3 is 2.75 bits per heavy atom. The van der Waals surface area contributed by atoms with Crippen LogP contribution in [0.3, 0.4) is 0 Å². The Kier molecular flexibility index (Phi) is 6.58. The third-order valence-corrected chi connectivity index (χ3v) is 2.73.